The molecule has 0 radical (unpaired) electrons. The Morgan fingerprint density at radius 1 is 1.36 bits per heavy atom. The first-order valence-corrected chi connectivity index (χ1v) is 10.4. The standard InChI is InChI=1S/C20H39N7.HI/c1-6-21-20(22-11-9-13-27-12-8-7-10-17(27)2)23-15-19(25(3)4)18-14-24-26(5)16-18;/h14,16-17,19H,6-13,15H2,1-5H3,(H2,21,22,23);1H. The fourth-order valence-corrected chi connectivity index (χ4v) is 3.68. The van der Waals surface area contributed by atoms with Crippen molar-refractivity contribution in [2.75, 3.05) is 46.8 Å². The van der Waals surface area contributed by atoms with E-state index in [9.17, 15) is 0 Å². The quantitative estimate of drug-likeness (QED) is 0.234. The Balaban J connectivity index is 0.00000392. The molecule has 2 N–H and O–H groups in total. The SMILES string of the molecule is CCNC(=NCC(c1cnn(C)c1)N(C)C)NCCCN1CCCCC1C.I. The molecule has 2 unspecified atom stereocenters. The van der Waals surface area contributed by atoms with Crippen LogP contribution >= 0.6 is 24.0 Å². The predicted molar refractivity (Wildman–Crippen MR) is 129 cm³/mol. The van der Waals surface area contributed by atoms with Crippen LogP contribution in [0.25, 0.3) is 0 Å². The van der Waals surface area contributed by atoms with Gasteiger partial charge in [0.15, 0.2) is 5.96 Å². The van der Waals surface area contributed by atoms with Gasteiger partial charge in [0.1, 0.15) is 0 Å². The zero-order valence-corrected chi connectivity index (χ0v) is 20.6. The van der Waals surface area contributed by atoms with Crippen molar-refractivity contribution in [1.82, 2.24) is 30.2 Å². The Morgan fingerprint density at radius 3 is 2.75 bits per heavy atom. The van der Waals surface area contributed by atoms with E-state index in [4.69, 9.17) is 4.99 Å². The van der Waals surface area contributed by atoms with E-state index in [1.165, 1.54) is 37.9 Å². The highest BCUT2D eigenvalue weighted by atomic mass is 127. The summed E-state index contributed by atoms with van der Waals surface area (Å²) in [5, 5.41) is 11.2. The van der Waals surface area contributed by atoms with E-state index in [0.29, 0.717) is 6.54 Å². The second kappa shape index (κ2) is 13.4. The fraction of sp³-hybridized carbons (Fsp3) is 0.800. The Hall–Kier alpha value is -0.870. The van der Waals surface area contributed by atoms with Crippen LogP contribution < -0.4 is 10.6 Å². The van der Waals surface area contributed by atoms with Gasteiger partial charge in [0.05, 0.1) is 18.8 Å². The molecule has 0 bridgehead atoms. The minimum atomic E-state index is 0. The van der Waals surface area contributed by atoms with Gasteiger partial charge in [-0.15, -0.1) is 24.0 Å². The van der Waals surface area contributed by atoms with Crippen molar-refractivity contribution in [3.63, 3.8) is 0 Å². The summed E-state index contributed by atoms with van der Waals surface area (Å²) < 4.78 is 1.85. The Kier molecular flexibility index (Phi) is 12.0. The lowest BCUT2D eigenvalue weighted by atomic mass is 10.0. The van der Waals surface area contributed by atoms with Gasteiger partial charge in [-0.2, -0.15) is 5.10 Å². The summed E-state index contributed by atoms with van der Waals surface area (Å²) in [4.78, 5) is 9.64. The first kappa shape index (κ1) is 25.2. The Labute approximate surface area is 188 Å². The van der Waals surface area contributed by atoms with Crippen LogP contribution in [0.15, 0.2) is 17.4 Å². The Bertz CT molecular complexity index is 573. The molecule has 162 valence electrons. The molecule has 0 saturated carbocycles. The average Bonchev–Trinajstić information content (AvgIpc) is 3.05. The van der Waals surface area contributed by atoms with Gasteiger partial charge in [-0.1, -0.05) is 6.42 Å². The minimum absolute atomic E-state index is 0. The van der Waals surface area contributed by atoms with Gasteiger partial charge < -0.3 is 20.4 Å². The Morgan fingerprint density at radius 2 is 2.14 bits per heavy atom. The number of halogens is 1. The highest BCUT2D eigenvalue weighted by molar-refractivity contribution is 14.0. The van der Waals surface area contributed by atoms with Gasteiger partial charge in [-0.3, -0.25) is 9.67 Å². The van der Waals surface area contributed by atoms with Crippen LogP contribution in [0.2, 0.25) is 0 Å². The van der Waals surface area contributed by atoms with E-state index in [0.717, 1.165) is 31.5 Å². The molecule has 28 heavy (non-hydrogen) atoms. The number of hydrogen-bond acceptors (Lipinski definition) is 4. The molecule has 1 aliphatic rings. The van der Waals surface area contributed by atoms with Crippen LogP contribution in [0.4, 0.5) is 0 Å². The molecule has 7 nitrogen and oxygen atoms in total. The number of aromatic nitrogens is 2. The molecule has 1 saturated heterocycles. The maximum Gasteiger partial charge on any atom is 0.191 e. The lowest BCUT2D eigenvalue weighted by Gasteiger charge is -2.33. The zero-order chi connectivity index (χ0) is 19.6. The topological polar surface area (TPSA) is 60.7 Å². The van der Waals surface area contributed by atoms with Gasteiger partial charge in [-0.05, 0) is 53.8 Å². The van der Waals surface area contributed by atoms with Crippen molar-refractivity contribution >= 4 is 29.9 Å². The molecule has 8 heteroatoms. The minimum Gasteiger partial charge on any atom is -0.357 e. The number of aliphatic imine (C=N–C) groups is 1. The number of aryl methyl sites for hydroxylation is 1. The third-order valence-corrected chi connectivity index (χ3v) is 5.35. The molecule has 1 aromatic heterocycles. The normalized spacial score (nSPS) is 19.4. The van der Waals surface area contributed by atoms with Crippen LogP contribution in [0.3, 0.4) is 0 Å². The summed E-state index contributed by atoms with van der Waals surface area (Å²) in [5.41, 5.74) is 1.20. The predicted octanol–water partition coefficient (Wildman–Crippen LogP) is 2.46. The summed E-state index contributed by atoms with van der Waals surface area (Å²) in [5.74, 6) is 0.903. The molecule has 2 atom stereocenters. The van der Waals surface area contributed by atoms with Gasteiger partial charge in [-0.25, -0.2) is 0 Å². The number of likely N-dealkylation sites (N-methyl/N-ethyl adjacent to an activating group) is 1. The second-order valence-electron chi connectivity index (χ2n) is 7.81. The van der Waals surface area contributed by atoms with Crippen LogP contribution in [0.1, 0.15) is 51.1 Å². The number of likely N-dealkylation sites (tertiary alicyclic amines) is 1. The monoisotopic (exact) mass is 505 g/mol. The molecule has 1 aromatic rings. The van der Waals surface area contributed by atoms with E-state index < -0.39 is 0 Å². The second-order valence-corrected chi connectivity index (χ2v) is 7.81. The fourth-order valence-electron chi connectivity index (χ4n) is 3.68. The number of piperidine rings is 1. The van der Waals surface area contributed by atoms with Crippen molar-refractivity contribution in [2.24, 2.45) is 12.0 Å². The zero-order valence-electron chi connectivity index (χ0n) is 18.3. The van der Waals surface area contributed by atoms with Crippen LogP contribution in [-0.4, -0.2) is 78.4 Å². The maximum absolute atomic E-state index is 4.82. The van der Waals surface area contributed by atoms with Crippen LogP contribution in [-0.2, 0) is 7.05 Å². The van der Waals surface area contributed by atoms with E-state index in [2.05, 4.69) is 59.7 Å². The molecule has 0 amide bonds. The van der Waals surface area contributed by atoms with Gasteiger partial charge >= 0.3 is 0 Å². The molecule has 0 aromatic carbocycles. The molecule has 2 rings (SSSR count). The number of nitrogens with zero attached hydrogens (tertiary/aromatic N) is 5. The number of hydrogen-bond donors (Lipinski definition) is 2. The highest BCUT2D eigenvalue weighted by Crippen LogP contribution is 2.18. The summed E-state index contributed by atoms with van der Waals surface area (Å²) >= 11 is 0. The largest absolute Gasteiger partial charge is 0.357 e. The van der Waals surface area contributed by atoms with Crippen molar-refractivity contribution < 1.29 is 0 Å². The van der Waals surface area contributed by atoms with Crippen LogP contribution in [0, 0.1) is 0 Å². The van der Waals surface area contributed by atoms with E-state index >= 15 is 0 Å². The van der Waals surface area contributed by atoms with Crippen molar-refractivity contribution in [3.8, 4) is 0 Å². The van der Waals surface area contributed by atoms with E-state index in [1.807, 2.05) is 17.9 Å². The summed E-state index contributed by atoms with van der Waals surface area (Å²) in [7, 11) is 6.13. The molecular formula is C20H40IN7. The van der Waals surface area contributed by atoms with Gasteiger partial charge in [0, 0.05) is 44.5 Å². The van der Waals surface area contributed by atoms with E-state index in [1.54, 1.807) is 0 Å². The highest BCUT2D eigenvalue weighted by Gasteiger charge is 2.18. The molecular weight excluding hydrogens is 465 g/mol. The first-order valence-electron chi connectivity index (χ1n) is 10.4. The van der Waals surface area contributed by atoms with Crippen LogP contribution in [0.5, 0.6) is 0 Å². The van der Waals surface area contributed by atoms with Gasteiger partial charge in [0.2, 0.25) is 0 Å². The maximum atomic E-state index is 4.82. The first-order chi connectivity index (χ1) is 13.0. The number of rotatable bonds is 9. The third kappa shape index (κ3) is 8.24. The summed E-state index contributed by atoms with van der Waals surface area (Å²) in [6.45, 7) is 9.42. The molecule has 0 spiro atoms. The molecule has 1 aliphatic heterocycles. The van der Waals surface area contributed by atoms with Gasteiger partial charge in [0.25, 0.3) is 0 Å². The molecule has 0 aliphatic carbocycles. The summed E-state index contributed by atoms with van der Waals surface area (Å²) in [6, 6.07) is 0.962. The summed E-state index contributed by atoms with van der Waals surface area (Å²) in [6.07, 6.45) is 9.23. The van der Waals surface area contributed by atoms with Crippen molar-refractivity contribution in [3.05, 3.63) is 18.0 Å². The molecule has 2 heterocycles. The van der Waals surface area contributed by atoms with E-state index in [-0.39, 0.29) is 30.0 Å². The van der Waals surface area contributed by atoms with Crippen molar-refractivity contribution in [1.29, 1.82) is 0 Å². The number of nitrogens with one attached hydrogen (secondary N) is 2. The third-order valence-electron chi connectivity index (χ3n) is 5.35. The molecule has 1 fully saturated rings. The lowest BCUT2D eigenvalue weighted by molar-refractivity contribution is 0.159. The van der Waals surface area contributed by atoms with Crippen molar-refractivity contribution in [2.45, 2.75) is 51.6 Å². The lowest BCUT2D eigenvalue weighted by Crippen LogP contribution is -2.41. The average molecular weight is 505 g/mol. The smallest absolute Gasteiger partial charge is 0.191 e. The number of guanidine groups is 1.